The molecule has 0 radical (unpaired) electrons. The van der Waals surface area contributed by atoms with E-state index in [0.29, 0.717) is 17.5 Å². The highest BCUT2D eigenvalue weighted by Crippen LogP contribution is 2.28. The lowest BCUT2D eigenvalue weighted by Gasteiger charge is -2.23. The van der Waals surface area contributed by atoms with Crippen LogP contribution in [0.3, 0.4) is 0 Å². The predicted molar refractivity (Wildman–Crippen MR) is 89.7 cm³/mol. The van der Waals surface area contributed by atoms with Gasteiger partial charge in [-0.2, -0.15) is 0 Å². The Bertz CT molecular complexity index is 522. The Kier molecular flexibility index (Phi) is 6.67. The highest BCUT2D eigenvalue weighted by molar-refractivity contribution is 5.75. The molecule has 0 bridgehead atoms. The van der Waals surface area contributed by atoms with Crippen LogP contribution in [0.1, 0.15) is 25.3 Å². The third-order valence-corrected chi connectivity index (χ3v) is 4.21. The molecule has 0 aliphatic carbocycles. The highest BCUT2D eigenvalue weighted by atomic mass is 16.5. The van der Waals surface area contributed by atoms with Gasteiger partial charge < -0.3 is 20.5 Å². The van der Waals surface area contributed by atoms with Gasteiger partial charge in [0.05, 0.1) is 7.11 Å². The number of hydrogen-bond donors (Lipinski definition) is 2. The summed E-state index contributed by atoms with van der Waals surface area (Å²) in [6, 6.07) is 6.35. The number of benzene rings is 1. The second-order valence-electron chi connectivity index (χ2n) is 5.80. The number of primary amides is 1. The van der Waals surface area contributed by atoms with E-state index in [1.807, 2.05) is 18.2 Å². The third kappa shape index (κ3) is 5.11. The summed E-state index contributed by atoms with van der Waals surface area (Å²) in [6.07, 6.45) is 2.56. The fourth-order valence-electron chi connectivity index (χ4n) is 3.02. The Labute approximate surface area is 137 Å². The zero-order chi connectivity index (χ0) is 16.7. The van der Waals surface area contributed by atoms with E-state index in [9.17, 15) is 4.79 Å². The van der Waals surface area contributed by atoms with Crippen LogP contribution in [0, 0.1) is 0 Å². The molecule has 128 valence electrons. The van der Waals surface area contributed by atoms with Crippen molar-refractivity contribution in [1.29, 1.82) is 0 Å². The lowest BCUT2D eigenvalue weighted by molar-refractivity contribution is -0.119. The van der Waals surface area contributed by atoms with E-state index in [0.717, 1.165) is 25.2 Å². The summed E-state index contributed by atoms with van der Waals surface area (Å²) in [4.78, 5) is 13.3. The summed E-state index contributed by atoms with van der Waals surface area (Å²) in [5, 5.41) is 3.52. The number of rotatable bonds is 9. The number of amides is 1. The molecule has 1 fully saturated rings. The minimum atomic E-state index is -0.505. The van der Waals surface area contributed by atoms with Crippen LogP contribution in [0.4, 0.5) is 0 Å². The predicted octanol–water partition coefficient (Wildman–Crippen LogP) is 1.13. The van der Waals surface area contributed by atoms with Crippen molar-refractivity contribution >= 4 is 5.91 Å². The number of carbonyl (C=O) groups excluding carboxylic acids is 1. The Hall–Kier alpha value is -1.79. The van der Waals surface area contributed by atoms with Crippen LogP contribution in [-0.2, 0) is 11.3 Å². The van der Waals surface area contributed by atoms with Gasteiger partial charge in [-0.05, 0) is 43.6 Å². The van der Waals surface area contributed by atoms with E-state index in [4.69, 9.17) is 15.2 Å². The van der Waals surface area contributed by atoms with Crippen molar-refractivity contribution in [3.63, 3.8) is 0 Å². The maximum atomic E-state index is 10.8. The molecular weight excluding hydrogens is 294 g/mol. The molecule has 0 unspecified atom stereocenters. The number of nitrogens with one attached hydrogen (secondary N) is 1. The molecule has 1 aliphatic heterocycles. The van der Waals surface area contributed by atoms with Crippen molar-refractivity contribution in [1.82, 2.24) is 10.2 Å². The highest BCUT2D eigenvalue weighted by Gasteiger charge is 2.22. The first kappa shape index (κ1) is 17.6. The summed E-state index contributed by atoms with van der Waals surface area (Å²) in [7, 11) is 1.58. The van der Waals surface area contributed by atoms with Crippen molar-refractivity contribution in [2.75, 3.05) is 33.4 Å². The fourth-order valence-corrected chi connectivity index (χ4v) is 3.02. The van der Waals surface area contributed by atoms with Gasteiger partial charge in [-0.3, -0.25) is 9.69 Å². The molecule has 3 N–H and O–H groups in total. The Morgan fingerprint density at radius 2 is 2.26 bits per heavy atom. The van der Waals surface area contributed by atoms with Crippen molar-refractivity contribution in [3.05, 3.63) is 23.8 Å². The maximum absolute atomic E-state index is 10.8. The minimum absolute atomic E-state index is 0.150. The first-order chi connectivity index (χ1) is 11.1. The summed E-state index contributed by atoms with van der Waals surface area (Å²) in [5.41, 5.74) is 6.21. The average molecular weight is 321 g/mol. The van der Waals surface area contributed by atoms with Gasteiger partial charge in [0.2, 0.25) is 0 Å². The van der Waals surface area contributed by atoms with Crippen molar-refractivity contribution in [3.8, 4) is 11.5 Å². The molecule has 0 aromatic heterocycles. The number of carbonyl (C=O) groups is 1. The zero-order valence-corrected chi connectivity index (χ0v) is 14.0. The van der Waals surface area contributed by atoms with Gasteiger partial charge in [0, 0.05) is 19.1 Å². The standard InChI is InChI=1S/C17H27N3O3/c1-3-20-8-4-5-14(20)11-19-10-13-6-7-15(16(9-13)22-2)23-12-17(18)21/h6-7,9,14,19H,3-5,8,10-12H2,1-2H3,(H2,18,21)/t14-/m1/s1. The molecular formula is C17H27N3O3. The second-order valence-corrected chi connectivity index (χ2v) is 5.80. The number of likely N-dealkylation sites (N-methyl/N-ethyl adjacent to an activating group) is 1. The van der Waals surface area contributed by atoms with Crippen LogP contribution in [0.2, 0.25) is 0 Å². The van der Waals surface area contributed by atoms with Crippen LogP contribution in [0.15, 0.2) is 18.2 Å². The molecule has 1 aromatic carbocycles. The molecule has 6 heteroatoms. The first-order valence-electron chi connectivity index (χ1n) is 8.16. The Morgan fingerprint density at radius 3 is 2.96 bits per heavy atom. The SMILES string of the molecule is CCN1CCC[C@@H]1CNCc1ccc(OCC(N)=O)c(OC)c1. The van der Waals surface area contributed by atoms with Crippen molar-refractivity contribution in [2.45, 2.75) is 32.4 Å². The fraction of sp³-hybridized carbons (Fsp3) is 0.588. The van der Waals surface area contributed by atoms with E-state index in [-0.39, 0.29) is 6.61 Å². The normalized spacial score (nSPS) is 18.1. The summed E-state index contributed by atoms with van der Waals surface area (Å²) in [6.45, 7) is 6.17. The van der Waals surface area contributed by atoms with Gasteiger partial charge in [0.1, 0.15) is 0 Å². The topological polar surface area (TPSA) is 76.8 Å². The minimum Gasteiger partial charge on any atom is -0.493 e. The number of hydrogen-bond acceptors (Lipinski definition) is 5. The largest absolute Gasteiger partial charge is 0.493 e. The molecule has 0 saturated carbocycles. The molecule has 1 amide bonds. The number of likely N-dealkylation sites (tertiary alicyclic amines) is 1. The Balaban J connectivity index is 1.86. The van der Waals surface area contributed by atoms with Crippen molar-refractivity contribution in [2.24, 2.45) is 5.73 Å². The van der Waals surface area contributed by atoms with Crippen LogP contribution in [0.5, 0.6) is 11.5 Å². The van der Waals surface area contributed by atoms with Crippen LogP contribution in [-0.4, -0.2) is 50.2 Å². The lowest BCUT2D eigenvalue weighted by Crippen LogP contribution is -2.37. The number of methoxy groups -OCH3 is 1. The van der Waals surface area contributed by atoms with Gasteiger partial charge in [-0.1, -0.05) is 13.0 Å². The molecule has 23 heavy (non-hydrogen) atoms. The Morgan fingerprint density at radius 1 is 1.43 bits per heavy atom. The van der Waals surface area contributed by atoms with Gasteiger partial charge in [-0.25, -0.2) is 0 Å². The van der Waals surface area contributed by atoms with Crippen LogP contribution < -0.4 is 20.5 Å². The molecule has 1 saturated heterocycles. The first-order valence-corrected chi connectivity index (χ1v) is 8.16. The van der Waals surface area contributed by atoms with Crippen LogP contribution >= 0.6 is 0 Å². The van der Waals surface area contributed by atoms with Gasteiger partial charge in [-0.15, -0.1) is 0 Å². The average Bonchev–Trinajstić information content (AvgIpc) is 3.00. The monoisotopic (exact) mass is 321 g/mol. The van der Waals surface area contributed by atoms with E-state index < -0.39 is 5.91 Å². The van der Waals surface area contributed by atoms with Gasteiger partial charge in [0.15, 0.2) is 18.1 Å². The van der Waals surface area contributed by atoms with Crippen LogP contribution in [0.25, 0.3) is 0 Å². The van der Waals surface area contributed by atoms with Crippen molar-refractivity contribution < 1.29 is 14.3 Å². The molecule has 1 heterocycles. The molecule has 6 nitrogen and oxygen atoms in total. The summed E-state index contributed by atoms with van der Waals surface area (Å²) >= 11 is 0. The second kappa shape index (κ2) is 8.74. The summed E-state index contributed by atoms with van der Waals surface area (Å²) in [5.74, 6) is 0.638. The molecule has 1 aromatic rings. The maximum Gasteiger partial charge on any atom is 0.255 e. The molecule has 1 aliphatic rings. The molecule has 1 atom stereocenters. The molecule has 0 spiro atoms. The van der Waals surface area contributed by atoms with E-state index in [1.54, 1.807) is 7.11 Å². The smallest absolute Gasteiger partial charge is 0.255 e. The number of nitrogens with zero attached hydrogens (tertiary/aromatic N) is 1. The third-order valence-electron chi connectivity index (χ3n) is 4.21. The summed E-state index contributed by atoms with van der Waals surface area (Å²) < 4.78 is 10.7. The molecule has 2 rings (SSSR count). The van der Waals surface area contributed by atoms with E-state index in [2.05, 4.69) is 17.1 Å². The van der Waals surface area contributed by atoms with E-state index >= 15 is 0 Å². The van der Waals surface area contributed by atoms with E-state index in [1.165, 1.54) is 19.4 Å². The lowest BCUT2D eigenvalue weighted by atomic mass is 10.2. The number of nitrogens with two attached hydrogens (primary N) is 1. The quantitative estimate of drug-likeness (QED) is 0.713. The number of ether oxygens (including phenoxy) is 2. The van der Waals surface area contributed by atoms with Gasteiger partial charge >= 0.3 is 0 Å². The van der Waals surface area contributed by atoms with Gasteiger partial charge in [0.25, 0.3) is 5.91 Å². The zero-order valence-electron chi connectivity index (χ0n) is 14.0.